The van der Waals surface area contributed by atoms with Crippen molar-refractivity contribution in [1.82, 2.24) is 25.1 Å². The SMILES string of the molecule is C=CCN1CC(=O)N2C(Cc3ccc(O)cc3)C(=O)N(Cc3ccc(F)cc3F)CC2N1C(=O)NCc1ccccc1. The van der Waals surface area contributed by atoms with Crippen LogP contribution in [0.2, 0.25) is 0 Å². The Labute approximate surface area is 242 Å². The fourth-order valence-electron chi connectivity index (χ4n) is 5.41. The number of nitrogens with one attached hydrogen (secondary N) is 1. The zero-order valence-electron chi connectivity index (χ0n) is 22.8. The highest BCUT2D eigenvalue weighted by atomic mass is 19.1. The number of hydrazine groups is 1. The van der Waals surface area contributed by atoms with Crippen molar-refractivity contribution in [2.45, 2.75) is 31.7 Å². The number of halogens is 2. The summed E-state index contributed by atoms with van der Waals surface area (Å²) in [5.41, 5.74) is 1.66. The van der Waals surface area contributed by atoms with Crippen molar-refractivity contribution in [1.29, 1.82) is 0 Å². The summed E-state index contributed by atoms with van der Waals surface area (Å²) in [7, 11) is 0. The number of hydrogen-bond acceptors (Lipinski definition) is 5. The Bertz CT molecular complexity index is 1470. The van der Waals surface area contributed by atoms with Gasteiger partial charge in [-0.15, -0.1) is 6.58 Å². The number of phenols is 1. The fraction of sp³-hybridized carbons (Fsp3) is 0.258. The van der Waals surface area contributed by atoms with Gasteiger partial charge in [-0.1, -0.05) is 54.6 Å². The van der Waals surface area contributed by atoms with E-state index in [1.54, 1.807) is 23.2 Å². The van der Waals surface area contributed by atoms with Gasteiger partial charge in [0.25, 0.3) is 0 Å². The smallest absolute Gasteiger partial charge is 0.334 e. The van der Waals surface area contributed by atoms with Crippen molar-refractivity contribution < 1.29 is 28.3 Å². The molecule has 2 N–H and O–H groups in total. The number of aromatic hydroxyl groups is 1. The number of phenolic OH excluding ortho intramolecular Hbond substituents is 1. The predicted octanol–water partition coefficient (Wildman–Crippen LogP) is 3.41. The van der Waals surface area contributed by atoms with Gasteiger partial charge >= 0.3 is 6.03 Å². The highest BCUT2D eigenvalue weighted by Gasteiger charge is 2.51. The van der Waals surface area contributed by atoms with Crippen LogP contribution in [0.15, 0.2) is 85.5 Å². The quantitative estimate of drug-likeness (QED) is 0.402. The van der Waals surface area contributed by atoms with E-state index in [-0.39, 0.29) is 56.4 Å². The fourth-order valence-corrected chi connectivity index (χ4v) is 5.41. The standard InChI is InChI=1S/C31H31F2N5O4/c1-2-14-36-20-29(40)37-27(15-21-8-12-25(39)13-9-21)30(41)35(18-23-10-11-24(32)16-26(23)33)19-28(37)38(36)31(42)34-17-22-6-4-3-5-7-22/h2-13,16,27-28,39H,1,14-15,17-20H2,(H,34,42). The van der Waals surface area contributed by atoms with Gasteiger partial charge in [-0.3, -0.25) is 9.59 Å². The molecule has 2 heterocycles. The molecule has 11 heteroatoms. The number of rotatable bonds is 8. The predicted molar refractivity (Wildman–Crippen MR) is 150 cm³/mol. The van der Waals surface area contributed by atoms with Gasteiger partial charge in [0.1, 0.15) is 29.6 Å². The molecule has 5 rings (SSSR count). The van der Waals surface area contributed by atoms with Gasteiger partial charge in [-0.05, 0) is 29.3 Å². The van der Waals surface area contributed by atoms with E-state index < -0.39 is 35.8 Å². The Kier molecular flexibility index (Phi) is 8.48. The molecule has 218 valence electrons. The normalized spacial score (nSPS) is 19.0. The lowest BCUT2D eigenvalue weighted by atomic mass is 9.98. The first-order valence-corrected chi connectivity index (χ1v) is 13.5. The van der Waals surface area contributed by atoms with Gasteiger partial charge in [-0.2, -0.15) is 0 Å². The lowest BCUT2D eigenvalue weighted by molar-refractivity contribution is -0.189. The zero-order chi connectivity index (χ0) is 29.8. The maximum atomic E-state index is 14.7. The summed E-state index contributed by atoms with van der Waals surface area (Å²) in [5, 5.41) is 15.6. The van der Waals surface area contributed by atoms with Crippen LogP contribution in [0.4, 0.5) is 13.6 Å². The topological polar surface area (TPSA) is 96.4 Å². The third-order valence-electron chi connectivity index (χ3n) is 7.41. The molecule has 3 aromatic rings. The van der Waals surface area contributed by atoms with Crippen LogP contribution in [-0.2, 0) is 29.1 Å². The number of piperazine rings is 1. The number of carbonyl (C=O) groups is 3. The summed E-state index contributed by atoms with van der Waals surface area (Å²) in [5.74, 6) is -2.27. The summed E-state index contributed by atoms with van der Waals surface area (Å²) in [6.45, 7) is 3.75. The maximum absolute atomic E-state index is 14.7. The summed E-state index contributed by atoms with van der Waals surface area (Å²) < 4.78 is 28.3. The van der Waals surface area contributed by atoms with Crippen LogP contribution in [0, 0.1) is 11.6 Å². The second-order valence-electron chi connectivity index (χ2n) is 10.2. The molecule has 2 atom stereocenters. The zero-order valence-corrected chi connectivity index (χ0v) is 22.8. The van der Waals surface area contributed by atoms with Gasteiger partial charge in [0.05, 0.1) is 13.1 Å². The molecule has 0 aliphatic carbocycles. The Morgan fingerprint density at radius 1 is 1.02 bits per heavy atom. The third-order valence-corrected chi connectivity index (χ3v) is 7.41. The molecule has 0 radical (unpaired) electrons. The molecule has 2 unspecified atom stereocenters. The lowest BCUT2D eigenvalue weighted by Gasteiger charge is -2.55. The summed E-state index contributed by atoms with van der Waals surface area (Å²) in [6, 6.07) is 17.3. The van der Waals surface area contributed by atoms with Gasteiger partial charge in [0, 0.05) is 37.7 Å². The first-order chi connectivity index (χ1) is 20.2. The molecule has 4 amide bonds. The van der Waals surface area contributed by atoms with E-state index in [1.807, 2.05) is 30.3 Å². The third kappa shape index (κ3) is 6.10. The second-order valence-corrected chi connectivity index (χ2v) is 10.2. The Morgan fingerprint density at radius 2 is 1.76 bits per heavy atom. The van der Waals surface area contributed by atoms with Gasteiger partial charge in [0.15, 0.2) is 0 Å². The monoisotopic (exact) mass is 575 g/mol. The minimum atomic E-state index is -1.01. The van der Waals surface area contributed by atoms with E-state index in [0.717, 1.165) is 17.7 Å². The van der Waals surface area contributed by atoms with Crippen molar-refractivity contribution >= 4 is 17.8 Å². The van der Waals surface area contributed by atoms with Gasteiger partial charge in [0.2, 0.25) is 11.8 Å². The average molecular weight is 576 g/mol. The summed E-state index contributed by atoms with van der Waals surface area (Å²) in [4.78, 5) is 44.1. The minimum absolute atomic E-state index is 0.0513. The van der Waals surface area contributed by atoms with Crippen molar-refractivity contribution in [3.05, 3.63) is 114 Å². The van der Waals surface area contributed by atoms with Crippen LogP contribution < -0.4 is 5.32 Å². The summed E-state index contributed by atoms with van der Waals surface area (Å²) >= 11 is 0. The molecule has 9 nitrogen and oxygen atoms in total. The van der Waals surface area contributed by atoms with Gasteiger partial charge in [-0.25, -0.2) is 23.6 Å². The Balaban J connectivity index is 1.50. The molecule has 0 spiro atoms. The van der Waals surface area contributed by atoms with E-state index >= 15 is 0 Å². The first-order valence-electron chi connectivity index (χ1n) is 13.5. The molecular weight excluding hydrogens is 544 g/mol. The molecule has 0 saturated carbocycles. The van der Waals surface area contributed by atoms with Gasteiger partial charge < -0.3 is 20.2 Å². The minimum Gasteiger partial charge on any atom is -0.508 e. The van der Waals surface area contributed by atoms with Crippen molar-refractivity contribution in [2.75, 3.05) is 19.6 Å². The number of fused-ring (bicyclic) bond motifs is 1. The number of amides is 4. The second kappa shape index (κ2) is 12.4. The number of hydrogen-bond donors (Lipinski definition) is 2. The lowest BCUT2D eigenvalue weighted by Crippen LogP contribution is -2.76. The number of carbonyl (C=O) groups excluding carboxylic acids is 3. The Morgan fingerprint density at radius 3 is 2.45 bits per heavy atom. The number of benzene rings is 3. The van der Waals surface area contributed by atoms with E-state index in [0.29, 0.717) is 5.56 Å². The van der Waals surface area contributed by atoms with E-state index in [4.69, 9.17) is 0 Å². The van der Waals surface area contributed by atoms with Crippen molar-refractivity contribution in [3.8, 4) is 5.75 Å². The maximum Gasteiger partial charge on any atom is 0.334 e. The highest BCUT2D eigenvalue weighted by molar-refractivity contribution is 5.91. The van der Waals surface area contributed by atoms with Crippen LogP contribution >= 0.6 is 0 Å². The number of urea groups is 1. The molecule has 2 fully saturated rings. The molecule has 0 aromatic heterocycles. The largest absolute Gasteiger partial charge is 0.508 e. The molecule has 2 aliphatic heterocycles. The van der Waals surface area contributed by atoms with Crippen molar-refractivity contribution in [2.24, 2.45) is 0 Å². The molecule has 42 heavy (non-hydrogen) atoms. The molecule has 3 aromatic carbocycles. The Hall–Kier alpha value is -4.77. The highest BCUT2D eigenvalue weighted by Crippen LogP contribution is 2.30. The van der Waals surface area contributed by atoms with Crippen LogP contribution in [0.25, 0.3) is 0 Å². The molecule has 2 aliphatic rings. The average Bonchev–Trinajstić information content (AvgIpc) is 2.97. The van der Waals surface area contributed by atoms with Crippen LogP contribution in [0.3, 0.4) is 0 Å². The van der Waals surface area contributed by atoms with Crippen LogP contribution in [0.5, 0.6) is 5.75 Å². The van der Waals surface area contributed by atoms with Crippen molar-refractivity contribution in [3.63, 3.8) is 0 Å². The van der Waals surface area contributed by atoms with E-state index in [1.165, 1.54) is 33.0 Å². The van der Waals surface area contributed by atoms with Crippen LogP contribution in [-0.4, -0.2) is 74.6 Å². The summed E-state index contributed by atoms with van der Waals surface area (Å²) in [6.07, 6.45) is 0.767. The van der Waals surface area contributed by atoms with E-state index in [2.05, 4.69) is 11.9 Å². The molecule has 0 bridgehead atoms. The van der Waals surface area contributed by atoms with E-state index in [9.17, 15) is 28.3 Å². The number of nitrogens with zero attached hydrogens (tertiary/aromatic N) is 4. The van der Waals surface area contributed by atoms with Crippen LogP contribution in [0.1, 0.15) is 16.7 Å². The molecule has 2 saturated heterocycles. The first kappa shape index (κ1) is 28.7. The molecular formula is C31H31F2N5O4.